The molecule has 2 aromatic carbocycles. The van der Waals surface area contributed by atoms with Gasteiger partial charge in [0.05, 0.1) is 34.7 Å². The summed E-state index contributed by atoms with van der Waals surface area (Å²) in [6, 6.07) is 6.29. The minimum absolute atomic E-state index is 0.117. The average Bonchev–Trinajstić information content (AvgIpc) is 3.18. The van der Waals surface area contributed by atoms with Gasteiger partial charge in [-0.15, -0.1) is 0 Å². The molecule has 0 radical (unpaired) electrons. The largest absolute Gasteiger partial charge is 0.443 e. The molecule has 224 valence electrons. The van der Waals surface area contributed by atoms with Crippen LogP contribution in [0.15, 0.2) is 48.5 Å². The highest BCUT2D eigenvalue weighted by molar-refractivity contribution is 6.10. The number of aromatic nitrogens is 1. The van der Waals surface area contributed by atoms with E-state index in [1.165, 1.54) is 0 Å². The molecule has 2 amide bonds. The molecule has 7 nitrogen and oxygen atoms in total. The first kappa shape index (κ1) is 30.7. The van der Waals surface area contributed by atoms with Crippen LogP contribution in [0.25, 0.3) is 11.3 Å². The Bertz CT molecular complexity index is 1510. The monoisotopic (exact) mass is 603 g/mol. The smallest absolute Gasteiger partial charge is 0.430 e. The van der Waals surface area contributed by atoms with Crippen LogP contribution in [0.4, 0.5) is 51.3 Å². The fraction of sp³-hybridized carbons (Fsp3) is 0.296. The molecule has 0 saturated heterocycles. The number of hydrogen-bond acceptors (Lipinski definition) is 6. The van der Waals surface area contributed by atoms with Crippen LogP contribution in [0, 0.1) is 11.6 Å². The van der Waals surface area contributed by atoms with E-state index in [1.54, 1.807) is 20.8 Å². The molecule has 3 aromatic rings. The van der Waals surface area contributed by atoms with Crippen molar-refractivity contribution in [2.45, 2.75) is 50.9 Å². The molecule has 0 aliphatic carbocycles. The fourth-order valence-corrected chi connectivity index (χ4v) is 4.18. The first-order chi connectivity index (χ1) is 19.2. The summed E-state index contributed by atoms with van der Waals surface area (Å²) in [6.07, 6.45) is -13.3. The number of aliphatic hydroxyl groups is 1. The number of hydrogen-bond donors (Lipinski definition) is 2. The molecule has 0 fully saturated rings. The molecule has 1 aliphatic rings. The molecule has 0 bridgehead atoms. The molecule has 0 saturated carbocycles. The maximum Gasteiger partial charge on any atom is 0.430 e. The summed E-state index contributed by atoms with van der Waals surface area (Å²) < 4.78 is 114. The van der Waals surface area contributed by atoms with Gasteiger partial charge in [-0.25, -0.2) is 23.5 Å². The summed E-state index contributed by atoms with van der Waals surface area (Å²) in [4.78, 5) is 30.7. The maximum atomic E-state index is 14.6. The van der Waals surface area contributed by atoms with Crippen molar-refractivity contribution in [3.63, 3.8) is 0 Å². The van der Waals surface area contributed by atoms with E-state index >= 15 is 0 Å². The van der Waals surface area contributed by atoms with Crippen molar-refractivity contribution < 1.29 is 54.6 Å². The third kappa shape index (κ3) is 5.47. The average molecular weight is 603 g/mol. The van der Waals surface area contributed by atoms with Crippen molar-refractivity contribution in [1.82, 2.24) is 9.88 Å². The number of rotatable bonds is 4. The molecule has 1 aromatic heterocycles. The lowest BCUT2D eigenvalue weighted by atomic mass is 9.92. The van der Waals surface area contributed by atoms with Crippen molar-refractivity contribution in [2.75, 3.05) is 5.32 Å². The third-order valence-electron chi connectivity index (χ3n) is 6.10. The van der Waals surface area contributed by atoms with Gasteiger partial charge < -0.3 is 15.2 Å². The molecular weight excluding hydrogens is 582 g/mol. The first-order valence-electron chi connectivity index (χ1n) is 12.0. The first-order valence-corrected chi connectivity index (χ1v) is 12.0. The van der Waals surface area contributed by atoms with Crippen LogP contribution >= 0.6 is 0 Å². The van der Waals surface area contributed by atoms with Crippen LogP contribution < -0.4 is 5.32 Å². The number of anilines is 2. The van der Waals surface area contributed by atoms with Crippen LogP contribution in [0.5, 0.6) is 0 Å². The van der Waals surface area contributed by atoms with Gasteiger partial charge in [0.1, 0.15) is 17.2 Å². The number of carbonyl (C=O) groups is 2. The Labute approximate surface area is 232 Å². The van der Waals surface area contributed by atoms with Gasteiger partial charge in [-0.1, -0.05) is 18.2 Å². The quantitative estimate of drug-likeness (QED) is 0.313. The minimum atomic E-state index is -6.11. The molecule has 0 atom stereocenters. The number of ether oxygens (including phenoxy) is 1. The van der Waals surface area contributed by atoms with E-state index in [2.05, 4.69) is 10.3 Å². The van der Waals surface area contributed by atoms with Crippen molar-refractivity contribution in [3.05, 3.63) is 77.0 Å². The van der Waals surface area contributed by atoms with Crippen molar-refractivity contribution in [2.24, 2.45) is 0 Å². The van der Waals surface area contributed by atoms with E-state index in [0.717, 1.165) is 36.4 Å². The Morgan fingerprint density at radius 1 is 0.929 bits per heavy atom. The van der Waals surface area contributed by atoms with Gasteiger partial charge in [0.25, 0.3) is 11.5 Å². The Kier molecular flexibility index (Phi) is 7.47. The molecule has 1 aliphatic heterocycles. The maximum absolute atomic E-state index is 14.6. The second-order valence-electron chi connectivity index (χ2n) is 10.3. The van der Waals surface area contributed by atoms with Crippen LogP contribution in [-0.2, 0) is 16.9 Å². The second-order valence-corrected chi connectivity index (χ2v) is 10.3. The van der Waals surface area contributed by atoms with E-state index < -0.39 is 64.9 Å². The number of fused-ring (bicyclic) bond motifs is 1. The number of imide groups is 1. The normalized spacial score (nSPS) is 14.2. The molecule has 2 heterocycles. The van der Waals surface area contributed by atoms with E-state index in [9.17, 15) is 49.8 Å². The highest BCUT2D eigenvalue weighted by atomic mass is 19.4. The predicted molar refractivity (Wildman–Crippen MR) is 131 cm³/mol. The summed E-state index contributed by atoms with van der Waals surface area (Å²) in [5.74, 6) is -2.98. The molecule has 0 unspecified atom stereocenters. The van der Waals surface area contributed by atoms with Gasteiger partial charge in [0.15, 0.2) is 0 Å². The molecule has 0 spiro atoms. The summed E-state index contributed by atoms with van der Waals surface area (Å²) >= 11 is 0. The Hall–Kier alpha value is -4.27. The minimum Gasteiger partial charge on any atom is -0.443 e. The highest BCUT2D eigenvalue weighted by Crippen LogP contribution is 2.50. The second kappa shape index (κ2) is 10.2. The summed E-state index contributed by atoms with van der Waals surface area (Å²) in [6.45, 7) is 4.17. The van der Waals surface area contributed by atoms with Crippen molar-refractivity contribution >= 4 is 23.4 Å². The SMILES string of the molecule is CC(C)(C)OC(=O)N1Cc2nc(-c3c(F)cccc3F)cc(Nc3ccc(C(O)(C(F)(F)F)C(F)(F)F)cc3)c2C1=O. The Balaban J connectivity index is 1.80. The van der Waals surface area contributed by atoms with E-state index in [1.807, 2.05) is 0 Å². The van der Waals surface area contributed by atoms with Crippen LogP contribution in [-0.4, -0.2) is 44.9 Å². The Morgan fingerprint density at radius 3 is 1.98 bits per heavy atom. The van der Waals surface area contributed by atoms with Gasteiger partial charge in [0.2, 0.25) is 0 Å². The zero-order chi connectivity index (χ0) is 31.4. The third-order valence-corrected chi connectivity index (χ3v) is 6.10. The van der Waals surface area contributed by atoms with Gasteiger partial charge in [-0.2, -0.15) is 26.3 Å². The van der Waals surface area contributed by atoms with E-state index in [0.29, 0.717) is 17.0 Å². The fourth-order valence-electron chi connectivity index (χ4n) is 4.18. The molecular formula is C27H21F8N3O4. The van der Waals surface area contributed by atoms with Gasteiger partial charge in [0, 0.05) is 11.3 Å². The van der Waals surface area contributed by atoms with E-state index in [4.69, 9.17) is 4.74 Å². The van der Waals surface area contributed by atoms with Crippen LogP contribution in [0.1, 0.15) is 42.4 Å². The molecule has 42 heavy (non-hydrogen) atoms. The number of amides is 2. The zero-order valence-electron chi connectivity index (χ0n) is 21.9. The number of carbonyl (C=O) groups excluding carboxylic acids is 2. The van der Waals surface area contributed by atoms with Crippen LogP contribution in [0.2, 0.25) is 0 Å². The standard InChI is InChI=1S/C27H21F8N3O4/c1-24(2,3)42-23(40)38-12-19-21(22(38)39)18(11-17(37-19)20-15(28)5-4-6-16(20)29)36-14-9-7-13(8-10-14)25(41,26(30,31)32)27(33,34)35/h4-11,41H,12H2,1-3H3,(H,36,37). The number of pyridine rings is 1. The summed E-state index contributed by atoms with van der Waals surface area (Å²) in [5, 5.41) is 12.2. The van der Waals surface area contributed by atoms with Gasteiger partial charge in [-0.3, -0.25) is 4.79 Å². The van der Waals surface area contributed by atoms with Crippen molar-refractivity contribution in [1.29, 1.82) is 0 Å². The number of nitrogens with zero attached hydrogens (tertiary/aromatic N) is 2. The highest BCUT2D eigenvalue weighted by Gasteiger charge is 2.71. The molecule has 15 heteroatoms. The zero-order valence-corrected chi connectivity index (χ0v) is 21.9. The van der Waals surface area contributed by atoms with Gasteiger partial charge >= 0.3 is 18.4 Å². The summed E-state index contributed by atoms with van der Waals surface area (Å²) in [5.41, 5.74) is -9.40. The Morgan fingerprint density at radius 2 is 1.48 bits per heavy atom. The molecule has 4 rings (SSSR count). The lowest BCUT2D eigenvalue weighted by molar-refractivity contribution is -0.376. The molecule has 2 N–H and O–H groups in total. The van der Waals surface area contributed by atoms with Crippen molar-refractivity contribution in [3.8, 4) is 11.3 Å². The van der Waals surface area contributed by atoms with Gasteiger partial charge in [-0.05, 0) is 51.1 Å². The number of halogens is 8. The van der Waals surface area contributed by atoms with E-state index in [-0.39, 0.29) is 28.3 Å². The number of nitrogens with one attached hydrogen (secondary N) is 1. The lowest BCUT2D eigenvalue weighted by Crippen LogP contribution is -2.53. The predicted octanol–water partition coefficient (Wildman–Crippen LogP) is 6.97. The number of alkyl halides is 6. The topological polar surface area (TPSA) is 91.8 Å². The van der Waals surface area contributed by atoms with Crippen LogP contribution in [0.3, 0.4) is 0 Å². The summed E-state index contributed by atoms with van der Waals surface area (Å²) in [7, 11) is 0. The number of benzene rings is 2. The lowest BCUT2D eigenvalue weighted by Gasteiger charge is -2.32.